The van der Waals surface area contributed by atoms with E-state index in [-0.39, 0.29) is 35.5 Å². The second-order valence-corrected chi connectivity index (χ2v) is 3.90. The van der Waals surface area contributed by atoms with Crippen LogP contribution in [0, 0.1) is 23.5 Å². The van der Waals surface area contributed by atoms with Gasteiger partial charge >= 0.3 is 29.6 Å². The maximum absolute atomic E-state index is 11.1. The Morgan fingerprint density at radius 3 is 2.75 bits per heavy atom. The van der Waals surface area contributed by atoms with Gasteiger partial charge in [-0.2, -0.15) is 5.92 Å². The maximum atomic E-state index is 11.1. The van der Waals surface area contributed by atoms with E-state index in [1.54, 1.807) is 7.05 Å². The first-order chi connectivity index (χ1) is 9.24. The van der Waals surface area contributed by atoms with Crippen LogP contribution in [0.3, 0.4) is 0 Å². The Hall–Kier alpha value is -0.800. The van der Waals surface area contributed by atoms with Gasteiger partial charge in [-0.3, -0.25) is 4.79 Å². The van der Waals surface area contributed by atoms with Crippen molar-refractivity contribution in [2.75, 3.05) is 26.7 Å². The number of carbonyl (C=O) groups excluding carboxylic acids is 1. The third-order valence-electron chi connectivity index (χ3n) is 2.10. The van der Waals surface area contributed by atoms with Gasteiger partial charge in [0.05, 0.1) is 6.54 Å². The van der Waals surface area contributed by atoms with Crippen molar-refractivity contribution in [3.8, 4) is 11.8 Å². The molecule has 20 heavy (non-hydrogen) atoms. The molecule has 0 radical (unpaired) electrons. The molecule has 5 nitrogen and oxygen atoms in total. The third-order valence-corrected chi connectivity index (χ3v) is 2.10. The van der Waals surface area contributed by atoms with E-state index in [0.717, 1.165) is 19.4 Å². The SMILES string of the molecule is CCCN[C-]=C(C#CCCCNC(=O)CNC)C=N.[Na+]. The normalized spacial score (nSPS) is 9.80. The van der Waals surface area contributed by atoms with E-state index >= 15 is 0 Å². The molecule has 0 spiro atoms. The summed E-state index contributed by atoms with van der Waals surface area (Å²) in [5, 5.41) is 15.7. The van der Waals surface area contributed by atoms with Gasteiger partial charge in [0, 0.05) is 13.1 Å². The van der Waals surface area contributed by atoms with E-state index in [2.05, 4.69) is 40.9 Å². The maximum Gasteiger partial charge on any atom is 1.00 e. The molecule has 106 valence electrons. The monoisotopic (exact) mass is 286 g/mol. The van der Waals surface area contributed by atoms with E-state index in [0.29, 0.717) is 25.1 Å². The number of unbranched alkanes of at least 4 members (excludes halogenated alkanes) is 1. The number of hydrogen-bond donors (Lipinski definition) is 4. The molecule has 6 heteroatoms. The first-order valence-electron chi connectivity index (χ1n) is 6.51. The number of allylic oxidation sites excluding steroid dienone is 1. The molecule has 0 atom stereocenters. The van der Waals surface area contributed by atoms with E-state index in [1.165, 1.54) is 6.21 Å². The molecule has 0 aliphatic carbocycles. The molecule has 4 N–H and O–H groups in total. The van der Waals surface area contributed by atoms with Gasteiger partial charge < -0.3 is 21.4 Å². The van der Waals surface area contributed by atoms with Crippen molar-refractivity contribution >= 4 is 12.1 Å². The molecule has 0 aromatic rings. The molecule has 0 rings (SSSR count). The van der Waals surface area contributed by atoms with E-state index in [1.807, 2.05) is 0 Å². The van der Waals surface area contributed by atoms with Crippen molar-refractivity contribution < 1.29 is 34.4 Å². The molecule has 0 bridgehead atoms. The number of amides is 1. The van der Waals surface area contributed by atoms with Crippen molar-refractivity contribution in [1.29, 1.82) is 5.41 Å². The summed E-state index contributed by atoms with van der Waals surface area (Å²) in [6, 6.07) is 0. The summed E-state index contributed by atoms with van der Waals surface area (Å²) >= 11 is 0. The summed E-state index contributed by atoms with van der Waals surface area (Å²) in [7, 11) is 1.74. The molecule has 0 saturated carbocycles. The summed E-state index contributed by atoms with van der Waals surface area (Å²) in [5.74, 6) is 5.82. The predicted molar refractivity (Wildman–Crippen MR) is 77.8 cm³/mol. The minimum atomic E-state index is -0.00682. The van der Waals surface area contributed by atoms with Crippen LogP contribution >= 0.6 is 0 Å². The Labute approximate surface area is 144 Å². The van der Waals surface area contributed by atoms with Crippen LogP contribution in [0.25, 0.3) is 0 Å². The first kappa shape index (κ1) is 21.5. The van der Waals surface area contributed by atoms with Crippen molar-refractivity contribution in [3.05, 3.63) is 11.8 Å². The molecular weight excluding hydrogens is 263 g/mol. The summed E-state index contributed by atoms with van der Waals surface area (Å²) in [6.07, 6.45) is 6.55. The largest absolute Gasteiger partial charge is 1.00 e. The smallest absolute Gasteiger partial charge is 0.444 e. The van der Waals surface area contributed by atoms with Gasteiger partial charge in [-0.05, 0) is 26.3 Å². The number of carbonyl (C=O) groups is 1. The van der Waals surface area contributed by atoms with Crippen LogP contribution in [0.5, 0.6) is 0 Å². The molecule has 0 saturated heterocycles. The molecule has 0 aromatic carbocycles. The minimum absolute atomic E-state index is 0. The second kappa shape index (κ2) is 16.3. The zero-order valence-electron chi connectivity index (χ0n) is 12.7. The van der Waals surface area contributed by atoms with Crippen molar-refractivity contribution in [1.82, 2.24) is 16.0 Å². The molecule has 1 amide bonds. The average Bonchev–Trinajstić information content (AvgIpc) is 2.41. The van der Waals surface area contributed by atoms with Gasteiger partial charge in [-0.15, -0.1) is 5.57 Å². The van der Waals surface area contributed by atoms with Gasteiger partial charge in [-0.1, -0.05) is 19.3 Å². The first-order valence-corrected chi connectivity index (χ1v) is 6.51. The fourth-order valence-corrected chi connectivity index (χ4v) is 1.17. The summed E-state index contributed by atoms with van der Waals surface area (Å²) < 4.78 is 0. The Balaban J connectivity index is 0. The predicted octanol–water partition coefficient (Wildman–Crippen LogP) is -2.55. The van der Waals surface area contributed by atoms with Crippen LogP contribution in [0.15, 0.2) is 5.57 Å². The number of rotatable bonds is 9. The Morgan fingerprint density at radius 2 is 2.15 bits per heavy atom. The Bertz CT molecular complexity index is 358. The molecule has 0 unspecified atom stereocenters. The number of nitrogens with one attached hydrogen (secondary N) is 4. The van der Waals surface area contributed by atoms with Gasteiger partial charge in [0.1, 0.15) is 0 Å². The van der Waals surface area contributed by atoms with Gasteiger partial charge in [0.25, 0.3) is 0 Å². The molecule has 0 heterocycles. The number of likely N-dealkylation sites (N-methyl/N-ethyl adjacent to an activating group) is 1. The van der Waals surface area contributed by atoms with E-state index in [4.69, 9.17) is 5.41 Å². The van der Waals surface area contributed by atoms with Crippen molar-refractivity contribution in [2.24, 2.45) is 0 Å². The minimum Gasteiger partial charge on any atom is -0.444 e. The van der Waals surface area contributed by atoms with Crippen molar-refractivity contribution in [2.45, 2.75) is 26.2 Å². The molecular formula is C14H23N4NaO. The number of hydrogen-bond acceptors (Lipinski definition) is 4. The topological polar surface area (TPSA) is 77.0 Å². The van der Waals surface area contributed by atoms with Crippen LogP contribution in [0.4, 0.5) is 0 Å². The zero-order chi connectivity index (χ0) is 14.3. The quantitative estimate of drug-likeness (QED) is 0.0941. The molecule has 0 fully saturated rings. The average molecular weight is 286 g/mol. The fourth-order valence-electron chi connectivity index (χ4n) is 1.17. The van der Waals surface area contributed by atoms with Crippen LogP contribution in [-0.2, 0) is 4.79 Å². The standard InChI is InChI=1S/C14H23N4O.Na/c1-3-8-17-11-13(10-15)7-5-4-6-9-18-14(19)12-16-2;/h10,15-17H,3-4,6,8-9,12H2,1-2H3,(H,18,19);/q-1;+1. The van der Waals surface area contributed by atoms with Gasteiger partial charge in [0.15, 0.2) is 0 Å². The van der Waals surface area contributed by atoms with Crippen LogP contribution < -0.4 is 45.5 Å². The summed E-state index contributed by atoms with van der Waals surface area (Å²) in [5.41, 5.74) is 0.549. The third kappa shape index (κ3) is 13.6. The molecule has 0 aromatic heterocycles. The van der Waals surface area contributed by atoms with E-state index in [9.17, 15) is 4.79 Å². The molecule has 0 aliphatic rings. The van der Waals surface area contributed by atoms with Gasteiger partial charge in [-0.25, -0.2) is 5.92 Å². The fraction of sp³-hybridized carbons (Fsp3) is 0.571. The molecule has 0 aliphatic heterocycles. The summed E-state index contributed by atoms with van der Waals surface area (Å²) in [6.45, 7) is 3.85. The van der Waals surface area contributed by atoms with Crippen LogP contribution in [0.1, 0.15) is 26.2 Å². The van der Waals surface area contributed by atoms with Crippen LogP contribution in [0.2, 0.25) is 0 Å². The Morgan fingerprint density at radius 1 is 1.40 bits per heavy atom. The summed E-state index contributed by atoms with van der Waals surface area (Å²) in [4.78, 5) is 11.1. The second-order valence-electron chi connectivity index (χ2n) is 3.90. The zero-order valence-corrected chi connectivity index (χ0v) is 14.7. The Kier molecular flexibility index (Phi) is 17.5. The van der Waals surface area contributed by atoms with Crippen LogP contribution in [-0.4, -0.2) is 38.8 Å². The van der Waals surface area contributed by atoms with Crippen molar-refractivity contribution in [3.63, 3.8) is 0 Å². The van der Waals surface area contributed by atoms with E-state index < -0.39 is 0 Å². The van der Waals surface area contributed by atoms with Gasteiger partial charge in [0.2, 0.25) is 5.91 Å².